The van der Waals surface area contributed by atoms with Crippen LogP contribution in [0.5, 0.6) is 0 Å². The number of hydrogen-bond donors (Lipinski definition) is 14. The van der Waals surface area contributed by atoms with E-state index in [2.05, 4.69) is 37.2 Å². The molecule has 10 atom stereocenters. The van der Waals surface area contributed by atoms with E-state index in [0.29, 0.717) is 65.2 Å². The van der Waals surface area contributed by atoms with E-state index in [9.17, 15) is 64.2 Å². The largest absolute Gasteiger partial charge is 0.478 e. The molecule has 0 aliphatic carbocycles. The number of terminal acetylenes is 1. The SMILES string of the molecule is C#CCOCCOCCOCCOCCC(=O)N(CCCCNC(=O)CCO[C@@H]([C@@H]1OC(C(=O)O)=C[C@H](N=C(N)N)[C@H]1NC(C)=O)[C@H](O)CO)CCCCNC(=O)CCO[C@@H]([C@@H]1OC(C(=O)O)=C[C@H](N=C(N)N)[C@H]1NC(C)=O)[C@H](O)CO. The highest BCUT2D eigenvalue weighted by Gasteiger charge is 2.46. The van der Waals surface area contributed by atoms with Gasteiger partial charge in [0.1, 0.15) is 31.0 Å². The van der Waals surface area contributed by atoms with Crippen LogP contribution in [0.3, 0.4) is 0 Å². The lowest BCUT2D eigenvalue weighted by Gasteiger charge is -2.40. The molecule has 0 unspecified atom stereocenters. The first-order valence-electron chi connectivity index (χ1n) is 26.5. The molecule has 2 heterocycles. The molecule has 0 saturated heterocycles. The van der Waals surface area contributed by atoms with E-state index in [1.165, 1.54) is 13.8 Å². The molecule has 464 valence electrons. The average Bonchev–Trinajstić information content (AvgIpc) is 3.56. The van der Waals surface area contributed by atoms with Gasteiger partial charge in [-0.1, -0.05) is 5.92 Å². The molecule has 18 N–H and O–H groups in total. The second-order valence-electron chi connectivity index (χ2n) is 18.4. The fourth-order valence-electron chi connectivity index (χ4n) is 8.18. The summed E-state index contributed by atoms with van der Waals surface area (Å²) in [4.78, 5) is 97.1. The molecule has 2 aliphatic heterocycles. The van der Waals surface area contributed by atoms with Gasteiger partial charge >= 0.3 is 11.9 Å². The molecular formula is C50H83N11O21. The Hall–Kier alpha value is -6.93. The number of aliphatic hydroxyl groups excluding tert-OH is 4. The number of amides is 5. The molecule has 0 radical (unpaired) electrons. The molecule has 0 fully saturated rings. The fourth-order valence-corrected chi connectivity index (χ4v) is 8.18. The first-order valence-corrected chi connectivity index (χ1v) is 26.5. The van der Waals surface area contributed by atoms with Crippen molar-refractivity contribution in [3.63, 3.8) is 0 Å². The van der Waals surface area contributed by atoms with E-state index >= 15 is 0 Å². The van der Waals surface area contributed by atoms with Crippen LogP contribution in [0.4, 0.5) is 0 Å². The lowest BCUT2D eigenvalue weighted by Crippen LogP contribution is -2.60. The van der Waals surface area contributed by atoms with Crippen LogP contribution >= 0.6 is 0 Å². The van der Waals surface area contributed by atoms with Crippen molar-refractivity contribution in [2.75, 3.05) is 105 Å². The summed E-state index contributed by atoms with van der Waals surface area (Å²) in [5, 5.41) is 71.2. The van der Waals surface area contributed by atoms with E-state index in [-0.39, 0.29) is 77.9 Å². The number of carboxylic acids is 2. The molecule has 0 aromatic heterocycles. The summed E-state index contributed by atoms with van der Waals surface area (Å²) in [5.74, 6) is -5.08. The first-order chi connectivity index (χ1) is 39.1. The van der Waals surface area contributed by atoms with Crippen LogP contribution in [-0.4, -0.2) is 255 Å². The van der Waals surface area contributed by atoms with Crippen LogP contribution in [-0.2, 0) is 71.5 Å². The average molecular weight is 1170 g/mol. The van der Waals surface area contributed by atoms with Crippen molar-refractivity contribution in [3.8, 4) is 12.3 Å². The molecule has 0 aromatic rings. The van der Waals surface area contributed by atoms with Crippen LogP contribution in [0.2, 0.25) is 0 Å². The van der Waals surface area contributed by atoms with E-state index in [0.717, 1.165) is 12.2 Å². The zero-order chi connectivity index (χ0) is 61.0. The highest BCUT2D eigenvalue weighted by Crippen LogP contribution is 2.28. The Bertz CT molecular complexity index is 2050. The minimum atomic E-state index is -1.67. The van der Waals surface area contributed by atoms with Gasteiger partial charge in [-0.15, -0.1) is 6.42 Å². The lowest BCUT2D eigenvalue weighted by molar-refractivity contribution is -0.155. The second kappa shape index (κ2) is 40.3. The molecular weight excluding hydrogens is 1090 g/mol. The molecule has 32 nitrogen and oxygen atoms in total. The van der Waals surface area contributed by atoms with Crippen LogP contribution in [0.15, 0.2) is 33.7 Å². The summed E-state index contributed by atoms with van der Waals surface area (Å²) in [6, 6.07) is -4.70. The van der Waals surface area contributed by atoms with E-state index in [4.69, 9.17) is 67.3 Å². The Labute approximate surface area is 474 Å². The monoisotopic (exact) mass is 1170 g/mol. The number of rotatable bonds is 43. The molecule has 2 aliphatic rings. The summed E-state index contributed by atoms with van der Waals surface area (Å²) in [6.07, 6.45) is -0.602. The number of aliphatic hydroxyl groups is 4. The van der Waals surface area contributed by atoms with Gasteiger partial charge in [-0.25, -0.2) is 19.6 Å². The maximum Gasteiger partial charge on any atom is 0.370 e. The molecule has 32 heteroatoms. The molecule has 2 rings (SSSR count). The maximum absolute atomic E-state index is 13.5. The maximum atomic E-state index is 13.5. The smallest absolute Gasteiger partial charge is 0.370 e. The van der Waals surface area contributed by atoms with Crippen molar-refractivity contribution in [2.45, 2.75) is 120 Å². The molecule has 82 heavy (non-hydrogen) atoms. The highest BCUT2D eigenvalue weighted by molar-refractivity contribution is 5.86. The van der Waals surface area contributed by atoms with Gasteiger partial charge in [0, 0.05) is 52.9 Å². The number of aliphatic imine (C=N–C) groups is 2. The number of nitrogens with one attached hydrogen (secondary N) is 4. The Morgan fingerprint density at radius 1 is 0.622 bits per heavy atom. The Morgan fingerprint density at radius 2 is 1.01 bits per heavy atom. The number of ether oxygens (including phenoxy) is 8. The van der Waals surface area contributed by atoms with Crippen LogP contribution in [0, 0.1) is 12.3 Å². The molecule has 0 saturated carbocycles. The third-order valence-electron chi connectivity index (χ3n) is 11.9. The minimum Gasteiger partial charge on any atom is -0.478 e. The third-order valence-corrected chi connectivity index (χ3v) is 11.9. The van der Waals surface area contributed by atoms with Gasteiger partial charge in [0.25, 0.3) is 0 Å². The van der Waals surface area contributed by atoms with Gasteiger partial charge in [0.15, 0.2) is 24.1 Å². The van der Waals surface area contributed by atoms with Crippen molar-refractivity contribution < 1.29 is 102 Å². The second-order valence-corrected chi connectivity index (χ2v) is 18.4. The number of nitrogens with zero attached hydrogens (tertiary/aromatic N) is 3. The number of carboxylic acid groups (broad SMARTS) is 2. The number of hydrogen-bond acceptors (Lipinski definition) is 21. The fraction of sp³-hybridized carbons (Fsp3) is 0.700. The summed E-state index contributed by atoms with van der Waals surface area (Å²) < 4.78 is 44.4. The number of carbonyl (C=O) groups excluding carboxylic acids is 5. The van der Waals surface area contributed by atoms with Crippen molar-refractivity contribution in [3.05, 3.63) is 23.7 Å². The summed E-state index contributed by atoms with van der Waals surface area (Å²) in [7, 11) is 0. The predicted octanol–water partition coefficient (Wildman–Crippen LogP) is -6.02. The minimum absolute atomic E-state index is 0.0484. The quantitative estimate of drug-likeness (QED) is 0.0117. The molecule has 0 aromatic carbocycles. The number of aliphatic carboxylic acids is 2. The van der Waals surface area contributed by atoms with Crippen LogP contribution < -0.4 is 44.2 Å². The Balaban J connectivity index is 1.99. The summed E-state index contributed by atoms with van der Waals surface area (Å²) in [6.45, 7) is 3.11. The van der Waals surface area contributed by atoms with E-state index in [1.54, 1.807) is 4.90 Å². The van der Waals surface area contributed by atoms with Gasteiger partial charge in [-0.05, 0) is 37.8 Å². The summed E-state index contributed by atoms with van der Waals surface area (Å²) in [5.41, 5.74) is 22.2. The van der Waals surface area contributed by atoms with Crippen molar-refractivity contribution >= 4 is 53.4 Å². The number of unbranched alkanes of at least 4 members (excludes halogenated alkanes) is 2. The number of carbonyl (C=O) groups is 7. The normalized spacial score (nSPS) is 19.8. The standard InChI is InChI=1S/C50H83N11O21/c1-4-16-75-20-22-77-24-25-78-23-21-76-17-11-40(70)61(14-7-5-12-55-38(68)9-18-79-43(34(66)28-62)45-41(57-30(2)64)32(59-49(51)52)26-36(81-45)47(71)72)15-8-6-13-56-39(69)10-19-80-44(35(67)29-63)46-42(58-31(3)65)33(60-50(53)54)27-37(82-46)48(73)74/h1,26-27,32-35,41-46,62-63,66-67H,5-25,28-29H2,2-3H3,(H,55,68)(H,56,69)(H,57,64)(H,58,65)(H,71,72)(H,73,74)(H4,51,52,59)(H4,53,54,60)/t32-,33-,34+,35+,41+,42+,43+,44+,45+,46+/m0/s1. The van der Waals surface area contributed by atoms with Gasteiger partial charge in [0.05, 0.1) is 103 Å². The topological polar surface area (TPSA) is 495 Å². The highest BCUT2D eigenvalue weighted by atomic mass is 16.6. The third kappa shape index (κ3) is 28.2. The zero-order valence-corrected chi connectivity index (χ0v) is 46.2. The van der Waals surface area contributed by atoms with Gasteiger partial charge in [-0.2, -0.15) is 0 Å². The number of guanidine groups is 2. The lowest BCUT2D eigenvalue weighted by atomic mass is 9.92. The Kier molecular flexibility index (Phi) is 35.0. The van der Waals surface area contributed by atoms with Gasteiger partial charge in [0.2, 0.25) is 41.1 Å². The van der Waals surface area contributed by atoms with Crippen LogP contribution in [0.25, 0.3) is 0 Å². The van der Waals surface area contributed by atoms with Crippen molar-refractivity contribution in [1.29, 1.82) is 0 Å². The summed E-state index contributed by atoms with van der Waals surface area (Å²) >= 11 is 0. The Morgan fingerprint density at radius 3 is 1.37 bits per heavy atom. The van der Waals surface area contributed by atoms with Crippen LogP contribution in [0.1, 0.15) is 58.8 Å². The molecule has 5 amide bonds. The predicted molar refractivity (Wildman–Crippen MR) is 288 cm³/mol. The zero-order valence-electron chi connectivity index (χ0n) is 46.2. The number of nitrogens with two attached hydrogens (primary N) is 4. The van der Waals surface area contributed by atoms with Crippen molar-refractivity contribution in [1.82, 2.24) is 26.2 Å². The van der Waals surface area contributed by atoms with Gasteiger partial charge in [-0.3, -0.25) is 24.0 Å². The van der Waals surface area contributed by atoms with E-state index < -0.39 is 133 Å². The van der Waals surface area contributed by atoms with Crippen molar-refractivity contribution in [2.24, 2.45) is 32.9 Å². The van der Waals surface area contributed by atoms with Gasteiger partial charge < -0.3 is 118 Å². The van der Waals surface area contributed by atoms with E-state index in [1.807, 2.05) is 0 Å². The molecule has 0 spiro atoms. The first kappa shape index (κ1) is 71.2. The molecule has 0 bridgehead atoms.